The molecule has 2 N–H and O–H groups in total. The Morgan fingerprint density at radius 2 is 1.91 bits per heavy atom. The van der Waals surface area contributed by atoms with Crippen LogP contribution in [0.25, 0.3) is 0 Å². The molecule has 1 aromatic heterocycles. The number of aliphatic hydroxyl groups excluding tert-OH is 1. The number of hydrogen-bond donors (Lipinski definition) is 2. The number of rotatable bonds is 4. The molecule has 2 heterocycles. The van der Waals surface area contributed by atoms with Gasteiger partial charge in [0.2, 0.25) is 0 Å². The molecule has 1 aliphatic heterocycles. The number of phenols is 1. The number of ketones is 1. The Morgan fingerprint density at radius 1 is 1.22 bits per heavy atom. The van der Waals surface area contributed by atoms with E-state index in [1.165, 1.54) is 30.2 Å². The normalized spacial score (nSPS) is 17.9. The summed E-state index contributed by atoms with van der Waals surface area (Å²) in [6, 6.07) is 8.86. The fraction of sp³-hybridized carbons (Fsp3) is 0.176. The minimum Gasteiger partial charge on any atom is -0.508 e. The van der Waals surface area contributed by atoms with Gasteiger partial charge >= 0.3 is 0 Å². The van der Waals surface area contributed by atoms with Crippen molar-refractivity contribution < 1.29 is 24.2 Å². The van der Waals surface area contributed by atoms with Crippen molar-refractivity contribution in [1.82, 2.24) is 4.90 Å². The molecule has 6 nitrogen and oxygen atoms in total. The average molecular weight is 313 g/mol. The smallest absolute Gasteiger partial charge is 0.290 e. The lowest BCUT2D eigenvalue weighted by Gasteiger charge is -2.25. The summed E-state index contributed by atoms with van der Waals surface area (Å²) in [7, 11) is 0. The van der Waals surface area contributed by atoms with Crippen LogP contribution in [0.15, 0.2) is 58.4 Å². The fourth-order valence-corrected chi connectivity index (χ4v) is 2.75. The third-order valence-electron chi connectivity index (χ3n) is 3.80. The molecule has 1 atom stereocenters. The van der Waals surface area contributed by atoms with Gasteiger partial charge in [-0.05, 0) is 36.8 Å². The first kappa shape index (κ1) is 14.9. The molecule has 0 unspecified atom stereocenters. The Hall–Kier alpha value is -3.02. The molecule has 1 aliphatic rings. The number of amides is 1. The molecular weight excluding hydrogens is 298 g/mol. The summed E-state index contributed by atoms with van der Waals surface area (Å²) in [6.45, 7) is 1.43. The Kier molecular flexibility index (Phi) is 3.65. The number of nitrogens with zero attached hydrogens (tertiary/aromatic N) is 1. The van der Waals surface area contributed by atoms with E-state index >= 15 is 0 Å². The molecule has 23 heavy (non-hydrogen) atoms. The van der Waals surface area contributed by atoms with Crippen molar-refractivity contribution in [3.05, 3.63) is 65.3 Å². The summed E-state index contributed by atoms with van der Waals surface area (Å²) in [5, 5.41) is 19.5. The maximum atomic E-state index is 12.4. The van der Waals surface area contributed by atoms with Gasteiger partial charge in [0.25, 0.3) is 5.91 Å². The van der Waals surface area contributed by atoms with Crippen LogP contribution in [0, 0.1) is 0 Å². The highest BCUT2D eigenvalue weighted by molar-refractivity contribution is 6.08. The summed E-state index contributed by atoms with van der Waals surface area (Å²) >= 11 is 0. The van der Waals surface area contributed by atoms with Crippen molar-refractivity contribution in [2.24, 2.45) is 0 Å². The zero-order chi connectivity index (χ0) is 16.6. The van der Waals surface area contributed by atoms with Crippen LogP contribution in [0.5, 0.6) is 5.75 Å². The maximum Gasteiger partial charge on any atom is 0.290 e. The van der Waals surface area contributed by atoms with Gasteiger partial charge in [0.05, 0.1) is 24.4 Å². The third kappa shape index (κ3) is 2.59. The van der Waals surface area contributed by atoms with Gasteiger partial charge in [-0.25, -0.2) is 0 Å². The molecule has 6 heteroatoms. The molecule has 0 bridgehead atoms. The van der Waals surface area contributed by atoms with Gasteiger partial charge in [0.1, 0.15) is 11.5 Å². The highest BCUT2D eigenvalue weighted by Gasteiger charge is 2.42. The molecule has 0 radical (unpaired) electrons. The molecule has 118 valence electrons. The third-order valence-corrected chi connectivity index (χ3v) is 3.80. The first-order valence-electron chi connectivity index (χ1n) is 7.05. The Labute approximate surface area is 132 Å². The molecule has 1 aromatic carbocycles. The summed E-state index contributed by atoms with van der Waals surface area (Å²) < 4.78 is 5.26. The zero-order valence-electron chi connectivity index (χ0n) is 12.4. The Bertz CT molecular complexity index is 774. The lowest BCUT2D eigenvalue weighted by atomic mass is 9.96. The van der Waals surface area contributed by atoms with E-state index in [2.05, 4.69) is 0 Å². The number of Topliss-reactive ketones (excluding diaryl/α,β-unsaturated/α-hetero) is 1. The second-order valence-corrected chi connectivity index (χ2v) is 5.32. The summed E-state index contributed by atoms with van der Waals surface area (Å²) in [4.78, 5) is 25.7. The van der Waals surface area contributed by atoms with E-state index in [4.69, 9.17) is 4.42 Å². The molecule has 1 amide bonds. The van der Waals surface area contributed by atoms with E-state index in [-0.39, 0.29) is 23.7 Å². The second-order valence-electron chi connectivity index (χ2n) is 5.32. The number of hydrogen-bond acceptors (Lipinski definition) is 5. The van der Waals surface area contributed by atoms with E-state index in [0.29, 0.717) is 11.3 Å². The van der Waals surface area contributed by atoms with E-state index in [1.54, 1.807) is 24.3 Å². The Balaban J connectivity index is 2.05. The van der Waals surface area contributed by atoms with Crippen LogP contribution in [0.4, 0.5) is 0 Å². The minimum atomic E-state index is -0.717. The van der Waals surface area contributed by atoms with Gasteiger partial charge in [-0.1, -0.05) is 12.1 Å². The number of benzene rings is 1. The van der Waals surface area contributed by atoms with Crippen molar-refractivity contribution in [1.29, 1.82) is 0 Å². The molecule has 0 saturated heterocycles. The highest BCUT2D eigenvalue weighted by Crippen LogP contribution is 2.39. The molecule has 0 aliphatic carbocycles. The van der Waals surface area contributed by atoms with Gasteiger partial charge in [0, 0.05) is 0 Å². The van der Waals surface area contributed by atoms with Crippen molar-refractivity contribution in [3.8, 4) is 5.75 Å². The molecule has 0 saturated carbocycles. The lowest BCUT2D eigenvalue weighted by Crippen LogP contribution is -2.30. The number of phenolic OH excluding ortho intramolecular Hbond substituents is 1. The number of furan rings is 1. The first-order valence-corrected chi connectivity index (χ1v) is 7.05. The van der Waals surface area contributed by atoms with Crippen LogP contribution in [-0.4, -0.2) is 26.8 Å². The maximum absolute atomic E-state index is 12.4. The molecule has 3 rings (SSSR count). The van der Waals surface area contributed by atoms with Gasteiger partial charge in [0.15, 0.2) is 11.5 Å². The van der Waals surface area contributed by atoms with E-state index in [0.717, 1.165) is 0 Å². The number of carbonyl (C=O) groups is 2. The predicted molar refractivity (Wildman–Crippen MR) is 80.4 cm³/mol. The number of aromatic hydroxyl groups is 1. The van der Waals surface area contributed by atoms with Crippen LogP contribution in [-0.2, 0) is 16.1 Å². The van der Waals surface area contributed by atoms with Gasteiger partial charge in [-0.15, -0.1) is 0 Å². The predicted octanol–water partition coefficient (Wildman–Crippen LogP) is 2.47. The van der Waals surface area contributed by atoms with Crippen molar-refractivity contribution in [2.75, 3.05) is 0 Å². The van der Waals surface area contributed by atoms with Gasteiger partial charge in [-0.2, -0.15) is 0 Å². The van der Waals surface area contributed by atoms with E-state index < -0.39 is 17.7 Å². The summed E-state index contributed by atoms with van der Waals surface area (Å²) in [5.74, 6) is -0.921. The second kappa shape index (κ2) is 5.64. The first-order chi connectivity index (χ1) is 11.0. The zero-order valence-corrected chi connectivity index (χ0v) is 12.4. The van der Waals surface area contributed by atoms with Crippen LogP contribution >= 0.6 is 0 Å². The van der Waals surface area contributed by atoms with Crippen LogP contribution < -0.4 is 0 Å². The summed E-state index contributed by atoms with van der Waals surface area (Å²) in [5.41, 5.74) is 0.671. The van der Waals surface area contributed by atoms with Gasteiger partial charge < -0.3 is 19.5 Å². The molecule has 0 spiro atoms. The quantitative estimate of drug-likeness (QED) is 0.905. The molecule has 0 fully saturated rings. The molecule has 2 aromatic rings. The highest BCUT2D eigenvalue weighted by atomic mass is 16.3. The van der Waals surface area contributed by atoms with Crippen LogP contribution in [0.3, 0.4) is 0 Å². The van der Waals surface area contributed by atoms with Crippen molar-refractivity contribution in [2.45, 2.75) is 19.5 Å². The standard InChI is InChI=1S/C17H15NO5/c1-10(19)14-15(11-4-6-12(20)7-5-11)18(17(22)16(14)21)9-13-3-2-8-23-13/h2-8,15,20-21H,9H2,1H3/t15-/m1/s1. The number of carbonyl (C=O) groups excluding carboxylic acids is 2. The topological polar surface area (TPSA) is 91.0 Å². The number of aliphatic hydroxyl groups is 1. The SMILES string of the molecule is CC(=O)C1=C(O)C(=O)N(Cc2ccco2)[C@@H]1c1ccc(O)cc1. The molecular formula is C17H15NO5. The monoisotopic (exact) mass is 313 g/mol. The van der Waals surface area contributed by atoms with Crippen LogP contribution in [0.1, 0.15) is 24.3 Å². The Morgan fingerprint density at radius 3 is 2.48 bits per heavy atom. The average Bonchev–Trinajstić information content (AvgIpc) is 3.10. The summed E-state index contributed by atoms with van der Waals surface area (Å²) in [6.07, 6.45) is 1.49. The van der Waals surface area contributed by atoms with E-state index in [9.17, 15) is 19.8 Å². The van der Waals surface area contributed by atoms with Crippen LogP contribution in [0.2, 0.25) is 0 Å². The van der Waals surface area contributed by atoms with Gasteiger partial charge in [-0.3, -0.25) is 9.59 Å². The van der Waals surface area contributed by atoms with Crippen molar-refractivity contribution in [3.63, 3.8) is 0 Å². The van der Waals surface area contributed by atoms with Crippen molar-refractivity contribution >= 4 is 11.7 Å². The fourth-order valence-electron chi connectivity index (χ4n) is 2.75. The largest absolute Gasteiger partial charge is 0.508 e. The minimum absolute atomic E-state index is 0.0484. The lowest BCUT2D eigenvalue weighted by molar-refractivity contribution is -0.130. The van der Waals surface area contributed by atoms with E-state index in [1.807, 2.05) is 0 Å².